The van der Waals surface area contributed by atoms with Gasteiger partial charge in [-0.25, -0.2) is 4.98 Å². The Morgan fingerprint density at radius 1 is 1.25 bits per heavy atom. The first-order chi connectivity index (χ1) is 11.5. The van der Waals surface area contributed by atoms with E-state index in [1.165, 1.54) is 5.56 Å². The van der Waals surface area contributed by atoms with Crippen LogP contribution in [0.15, 0.2) is 28.7 Å². The lowest BCUT2D eigenvalue weighted by molar-refractivity contribution is -0.121. The Balaban J connectivity index is 1.62. The molecule has 0 unspecified atom stereocenters. The minimum atomic E-state index is -0.735. The smallest absolute Gasteiger partial charge is 0.226 e. The molecule has 128 valence electrons. The molecular formula is C19H24N2O3. The van der Waals surface area contributed by atoms with Gasteiger partial charge in [0.25, 0.3) is 0 Å². The number of aliphatic hydroxyl groups is 1. The van der Waals surface area contributed by atoms with E-state index in [4.69, 9.17) is 4.42 Å². The van der Waals surface area contributed by atoms with E-state index >= 15 is 0 Å². The maximum atomic E-state index is 12.2. The van der Waals surface area contributed by atoms with E-state index in [0.29, 0.717) is 23.9 Å². The number of amides is 1. The summed E-state index contributed by atoms with van der Waals surface area (Å²) < 4.78 is 5.70. The van der Waals surface area contributed by atoms with Crippen molar-refractivity contribution in [3.8, 4) is 11.5 Å². The Morgan fingerprint density at radius 2 is 1.92 bits per heavy atom. The van der Waals surface area contributed by atoms with Gasteiger partial charge >= 0.3 is 0 Å². The number of hydrogen-bond donors (Lipinski definition) is 2. The van der Waals surface area contributed by atoms with Crippen molar-refractivity contribution in [3.05, 3.63) is 41.3 Å². The highest BCUT2D eigenvalue weighted by atomic mass is 16.4. The van der Waals surface area contributed by atoms with Crippen molar-refractivity contribution in [2.45, 2.75) is 51.6 Å². The second-order valence-electron chi connectivity index (χ2n) is 6.77. The zero-order valence-electron chi connectivity index (χ0n) is 14.3. The Bertz CT molecular complexity index is 713. The van der Waals surface area contributed by atoms with Crippen molar-refractivity contribution in [1.29, 1.82) is 0 Å². The predicted octanol–water partition coefficient (Wildman–Crippen LogP) is 2.92. The molecule has 0 atom stereocenters. The molecule has 1 aliphatic rings. The summed E-state index contributed by atoms with van der Waals surface area (Å²) in [6.07, 6.45) is 3.72. The Labute approximate surface area is 142 Å². The van der Waals surface area contributed by atoms with Crippen LogP contribution in [0.2, 0.25) is 0 Å². The van der Waals surface area contributed by atoms with Gasteiger partial charge in [0.15, 0.2) is 0 Å². The number of aromatic nitrogens is 1. The van der Waals surface area contributed by atoms with Gasteiger partial charge in [0.05, 0.1) is 17.7 Å². The second kappa shape index (κ2) is 6.77. The van der Waals surface area contributed by atoms with Crippen LogP contribution < -0.4 is 5.32 Å². The quantitative estimate of drug-likeness (QED) is 0.885. The molecule has 1 aliphatic carbocycles. The molecule has 5 nitrogen and oxygen atoms in total. The Hall–Kier alpha value is -2.14. The molecule has 24 heavy (non-hydrogen) atoms. The first-order valence-corrected chi connectivity index (χ1v) is 8.48. The number of nitrogens with zero attached hydrogens (tertiary/aromatic N) is 1. The molecule has 0 spiro atoms. The largest absolute Gasteiger partial charge is 0.441 e. The third-order valence-corrected chi connectivity index (χ3v) is 4.67. The second-order valence-corrected chi connectivity index (χ2v) is 6.77. The maximum absolute atomic E-state index is 12.2. The van der Waals surface area contributed by atoms with Gasteiger partial charge in [0.1, 0.15) is 5.76 Å². The highest BCUT2D eigenvalue weighted by Crippen LogP contribution is 2.28. The van der Waals surface area contributed by atoms with Crippen molar-refractivity contribution in [2.24, 2.45) is 0 Å². The number of rotatable bonds is 5. The van der Waals surface area contributed by atoms with Gasteiger partial charge in [0, 0.05) is 12.1 Å². The molecule has 3 rings (SSSR count). The fraction of sp³-hybridized carbons (Fsp3) is 0.474. The van der Waals surface area contributed by atoms with Crippen LogP contribution in [-0.4, -0.2) is 28.1 Å². The van der Waals surface area contributed by atoms with Gasteiger partial charge in [-0.1, -0.05) is 30.5 Å². The van der Waals surface area contributed by atoms with Crippen LogP contribution in [0, 0.1) is 13.8 Å². The molecule has 1 aromatic carbocycles. The highest BCUT2D eigenvalue weighted by molar-refractivity contribution is 5.78. The molecule has 0 aliphatic heterocycles. The van der Waals surface area contributed by atoms with Crippen LogP contribution in [0.3, 0.4) is 0 Å². The van der Waals surface area contributed by atoms with E-state index in [9.17, 15) is 9.90 Å². The van der Waals surface area contributed by atoms with Gasteiger partial charge in [0.2, 0.25) is 11.8 Å². The third-order valence-electron chi connectivity index (χ3n) is 4.67. The summed E-state index contributed by atoms with van der Waals surface area (Å²) in [4.78, 5) is 16.6. The molecule has 0 saturated heterocycles. The molecule has 2 aromatic rings. The zero-order valence-corrected chi connectivity index (χ0v) is 14.3. The van der Waals surface area contributed by atoms with E-state index in [1.54, 1.807) is 0 Å². The summed E-state index contributed by atoms with van der Waals surface area (Å²) in [5, 5.41) is 13.1. The Kier molecular flexibility index (Phi) is 4.71. The highest BCUT2D eigenvalue weighted by Gasteiger charge is 2.31. The molecule has 1 fully saturated rings. The van der Waals surface area contributed by atoms with Gasteiger partial charge in [-0.15, -0.1) is 0 Å². The van der Waals surface area contributed by atoms with Crippen LogP contribution in [0.1, 0.15) is 42.7 Å². The number of carbonyl (C=O) groups excluding carboxylic acids is 1. The van der Waals surface area contributed by atoms with Gasteiger partial charge in [-0.3, -0.25) is 4.79 Å². The lowest BCUT2D eigenvalue weighted by atomic mass is 10.0. The van der Waals surface area contributed by atoms with E-state index in [0.717, 1.165) is 31.2 Å². The summed E-state index contributed by atoms with van der Waals surface area (Å²) in [6.45, 7) is 4.16. The van der Waals surface area contributed by atoms with Crippen molar-refractivity contribution in [3.63, 3.8) is 0 Å². The number of nitrogens with one attached hydrogen (secondary N) is 1. The number of carbonyl (C=O) groups is 1. The summed E-state index contributed by atoms with van der Waals surface area (Å²) in [7, 11) is 0. The number of oxazole rings is 1. The number of aryl methyl sites for hydroxylation is 2. The third kappa shape index (κ3) is 3.85. The maximum Gasteiger partial charge on any atom is 0.226 e. The number of benzene rings is 1. The number of hydrogen-bond acceptors (Lipinski definition) is 4. The SMILES string of the molecule is Cc1ccc(-c2nc(CC(=O)NCC3(O)CCCC3)c(C)o2)cc1. The van der Waals surface area contributed by atoms with Crippen molar-refractivity contribution < 1.29 is 14.3 Å². The molecule has 5 heteroatoms. The van der Waals surface area contributed by atoms with E-state index in [2.05, 4.69) is 10.3 Å². The fourth-order valence-corrected chi connectivity index (χ4v) is 3.10. The first kappa shape index (κ1) is 16.7. The molecule has 1 heterocycles. The van der Waals surface area contributed by atoms with Gasteiger partial charge in [-0.05, 0) is 38.8 Å². The standard InChI is InChI=1S/C19H24N2O3/c1-13-5-7-15(8-6-13)18-21-16(14(2)24-18)11-17(22)20-12-19(23)9-3-4-10-19/h5-8,23H,3-4,9-12H2,1-2H3,(H,20,22). The molecule has 0 bridgehead atoms. The monoisotopic (exact) mass is 328 g/mol. The van der Waals surface area contributed by atoms with Gasteiger partial charge in [-0.2, -0.15) is 0 Å². The summed E-state index contributed by atoms with van der Waals surface area (Å²) in [5.74, 6) is 1.05. The minimum Gasteiger partial charge on any atom is -0.441 e. The molecule has 0 radical (unpaired) electrons. The van der Waals surface area contributed by atoms with Crippen LogP contribution in [-0.2, 0) is 11.2 Å². The molecule has 1 aromatic heterocycles. The lowest BCUT2D eigenvalue weighted by Crippen LogP contribution is -2.41. The first-order valence-electron chi connectivity index (χ1n) is 8.48. The fourth-order valence-electron chi connectivity index (χ4n) is 3.10. The van der Waals surface area contributed by atoms with Crippen molar-refractivity contribution in [1.82, 2.24) is 10.3 Å². The normalized spacial score (nSPS) is 16.3. The van der Waals surface area contributed by atoms with Crippen LogP contribution in [0.4, 0.5) is 0 Å². The minimum absolute atomic E-state index is 0.137. The van der Waals surface area contributed by atoms with Gasteiger partial charge < -0.3 is 14.8 Å². The van der Waals surface area contributed by atoms with Crippen LogP contribution in [0.5, 0.6) is 0 Å². The topological polar surface area (TPSA) is 75.4 Å². The van der Waals surface area contributed by atoms with E-state index in [1.807, 2.05) is 38.1 Å². The van der Waals surface area contributed by atoms with Crippen LogP contribution >= 0.6 is 0 Å². The molecular weight excluding hydrogens is 304 g/mol. The van der Waals surface area contributed by atoms with Crippen LogP contribution in [0.25, 0.3) is 11.5 Å². The predicted molar refractivity (Wildman–Crippen MR) is 91.5 cm³/mol. The van der Waals surface area contributed by atoms with E-state index in [-0.39, 0.29) is 12.3 Å². The summed E-state index contributed by atoms with van der Waals surface area (Å²) in [6, 6.07) is 7.92. The lowest BCUT2D eigenvalue weighted by Gasteiger charge is -2.22. The molecule has 2 N–H and O–H groups in total. The van der Waals surface area contributed by atoms with Crippen molar-refractivity contribution in [2.75, 3.05) is 6.54 Å². The molecule has 1 amide bonds. The summed E-state index contributed by atoms with van der Waals surface area (Å²) in [5.41, 5.74) is 1.98. The average Bonchev–Trinajstić information content (AvgIpc) is 3.14. The molecule has 1 saturated carbocycles. The summed E-state index contributed by atoms with van der Waals surface area (Å²) >= 11 is 0. The van der Waals surface area contributed by atoms with Crippen molar-refractivity contribution >= 4 is 5.91 Å². The van der Waals surface area contributed by atoms with E-state index < -0.39 is 5.60 Å². The Morgan fingerprint density at radius 3 is 2.58 bits per heavy atom. The average molecular weight is 328 g/mol. The zero-order chi connectivity index (χ0) is 17.2.